The molecule has 0 aliphatic carbocycles. The van der Waals surface area contributed by atoms with E-state index in [2.05, 4.69) is 55.6 Å². The van der Waals surface area contributed by atoms with Crippen molar-refractivity contribution in [2.45, 2.75) is 38.5 Å². The molecule has 1 nitrogen and oxygen atoms in total. The van der Waals surface area contributed by atoms with Crippen molar-refractivity contribution in [2.24, 2.45) is 0 Å². The lowest BCUT2D eigenvalue weighted by molar-refractivity contribution is 0.612. The molecule has 0 saturated carbocycles. The molecule has 0 N–H and O–H groups in total. The van der Waals surface area contributed by atoms with Crippen molar-refractivity contribution in [1.82, 2.24) is 0 Å². The first-order valence-corrected chi connectivity index (χ1v) is 7.47. The lowest BCUT2D eigenvalue weighted by Gasteiger charge is -2.22. The van der Waals surface area contributed by atoms with Gasteiger partial charge in [-0.25, -0.2) is 0 Å². The minimum atomic E-state index is -0.444. The third-order valence-corrected chi connectivity index (χ3v) is 4.45. The van der Waals surface area contributed by atoms with Gasteiger partial charge in [0.25, 0.3) is 0 Å². The number of hydrogen-bond donors (Lipinski definition) is 0. The zero-order valence-electron chi connectivity index (χ0n) is 11.7. The van der Waals surface area contributed by atoms with E-state index in [0.717, 1.165) is 12.0 Å². The first-order chi connectivity index (χ1) is 9.05. The average molecular weight is 269 g/mol. The summed E-state index contributed by atoms with van der Waals surface area (Å²) in [5.41, 5.74) is 1.98. The van der Waals surface area contributed by atoms with Crippen LogP contribution in [-0.2, 0) is 11.8 Å². The molecule has 1 aromatic heterocycles. The summed E-state index contributed by atoms with van der Waals surface area (Å²) < 4.78 is 0. The molecular weight excluding hydrogens is 250 g/mol. The molecule has 1 heterocycles. The maximum atomic E-state index is 9.57. The Morgan fingerprint density at radius 3 is 2.37 bits per heavy atom. The summed E-state index contributed by atoms with van der Waals surface area (Å²) in [6.07, 6.45) is 0.780. The van der Waals surface area contributed by atoms with Gasteiger partial charge in [0, 0.05) is 11.3 Å². The molecule has 2 aromatic rings. The first kappa shape index (κ1) is 13.8. The van der Waals surface area contributed by atoms with Gasteiger partial charge in [-0.05, 0) is 35.4 Å². The fraction of sp³-hybridized carbons (Fsp3) is 0.353. The second-order valence-electron chi connectivity index (χ2n) is 5.48. The molecule has 98 valence electrons. The van der Waals surface area contributed by atoms with Crippen LogP contribution in [0.25, 0.3) is 0 Å². The van der Waals surface area contributed by atoms with Gasteiger partial charge in [-0.3, -0.25) is 0 Å². The topological polar surface area (TPSA) is 23.8 Å². The van der Waals surface area contributed by atoms with E-state index >= 15 is 0 Å². The Labute approximate surface area is 119 Å². The van der Waals surface area contributed by atoms with Crippen molar-refractivity contribution in [3.8, 4) is 6.07 Å². The molecule has 0 saturated heterocycles. The Hall–Kier alpha value is -1.59. The van der Waals surface area contributed by atoms with E-state index in [0.29, 0.717) is 5.92 Å². The average Bonchev–Trinajstić information content (AvgIpc) is 2.91. The summed E-state index contributed by atoms with van der Waals surface area (Å²) in [5.74, 6) is 0.527. The summed E-state index contributed by atoms with van der Waals surface area (Å²) in [5, 5.41) is 11.6. The predicted octanol–water partition coefficient (Wildman–Crippen LogP) is 4.90. The van der Waals surface area contributed by atoms with Crippen molar-refractivity contribution in [3.63, 3.8) is 0 Å². The fourth-order valence-electron chi connectivity index (χ4n) is 2.20. The van der Waals surface area contributed by atoms with Crippen molar-refractivity contribution in [1.29, 1.82) is 5.26 Å². The highest BCUT2D eigenvalue weighted by molar-refractivity contribution is 7.09. The largest absolute Gasteiger partial charge is 0.197 e. The number of nitriles is 1. The second-order valence-corrected chi connectivity index (χ2v) is 6.51. The molecule has 2 heteroatoms. The molecule has 0 aliphatic rings. The fourth-order valence-corrected chi connectivity index (χ4v) is 3.06. The van der Waals surface area contributed by atoms with E-state index < -0.39 is 5.41 Å². The van der Waals surface area contributed by atoms with Gasteiger partial charge in [-0.1, -0.05) is 44.2 Å². The number of hydrogen-bond acceptors (Lipinski definition) is 2. The number of nitrogens with zero attached hydrogens (tertiary/aromatic N) is 1. The van der Waals surface area contributed by atoms with E-state index in [1.807, 2.05) is 13.0 Å². The molecule has 0 bridgehead atoms. The lowest BCUT2D eigenvalue weighted by atomic mass is 9.80. The molecule has 2 rings (SSSR count). The Kier molecular flexibility index (Phi) is 4.07. The molecule has 0 aliphatic heterocycles. The van der Waals surface area contributed by atoms with Crippen LogP contribution < -0.4 is 0 Å². The summed E-state index contributed by atoms with van der Waals surface area (Å²) in [7, 11) is 0. The minimum Gasteiger partial charge on any atom is -0.197 e. The second kappa shape index (κ2) is 5.59. The van der Waals surface area contributed by atoms with E-state index in [9.17, 15) is 5.26 Å². The molecule has 19 heavy (non-hydrogen) atoms. The van der Waals surface area contributed by atoms with Crippen LogP contribution in [-0.4, -0.2) is 0 Å². The van der Waals surface area contributed by atoms with Gasteiger partial charge in [0.2, 0.25) is 0 Å². The smallest absolute Gasteiger partial charge is 0.0842 e. The van der Waals surface area contributed by atoms with E-state index in [-0.39, 0.29) is 0 Å². The molecular formula is C17H19NS. The van der Waals surface area contributed by atoms with Gasteiger partial charge in [0.15, 0.2) is 0 Å². The van der Waals surface area contributed by atoms with Gasteiger partial charge < -0.3 is 0 Å². The Balaban J connectivity index is 2.28. The normalized spacial score (nSPS) is 14.1. The molecule has 0 radical (unpaired) electrons. The van der Waals surface area contributed by atoms with Gasteiger partial charge in [-0.2, -0.15) is 5.26 Å². The Bertz CT molecular complexity index is 560. The predicted molar refractivity (Wildman–Crippen MR) is 81.5 cm³/mol. The number of rotatable bonds is 4. The lowest BCUT2D eigenvalue weighted by Crippen LogP contribution is -2.22. The van der Waals surface area contributed by atoms with Crippen LogP contribution >= 0.6 is 11.3 Å². The molecule has 1 unspecified atom stereocenters. The molecule has 0 fully saturated rings. The monoisotopic (exact) mass is 269 g/mol. The van der Waals surface area contributed by atoms with Crippen LogP contribution in [0.3, 0.4) is 0 Å². The third kappa shape index (κ3) is 3.05. The van der Waals surface area contributed by atoms with Crippen LogP contribution in [0.15, 0.2) is 41.8 Å². The van der Waals surface area contributed by atoms with Gasteiger partial charge in [-0.15, -0.1) is 11.3 Å². The highest BCUT2D eigenvalue weighted by Crippen LogP contribution is 2.30. The van der Waals surface area contributed by atoms with Crippen molar-refractivity contribution in [2.75, 3.05) is 0 Å². The summed E-state index contributed by atoms with van der Waals surface area (Å²) in [4.78, 5) is 1.26. The zero-order valence-corrected chi connectivity index (χ0v) is 12.5. The highest BCUT2D eigenvalue weighted by atomic mass is 32.1. The molecule has 1 atom stereocenters. The van der Waals surface area contributed by atoms with Crippen LogP contribution in [0.4, 0.5) is 0 Å². The van der Waals surface area contributed by atoms with Gasteiger partial charge in [0.05, 0.1) is 11.5 Å². The Morgan fingerprint density at radius 2 is 1.89 bits per heavy atom. The summed E-state index contributed by atoms with van der Waals surface area (Å²) >= 11 is 1.72. The zero-order chi connectivity index (χ0) is 13.9. The van der Waals surface area contributed by atoms with Crippen molar-refractivity contribution in [3.05, 3.63) is 57.8 Å². The molecule has 1 aromatic carbocycles. The highest BCUT2D eigenvalue weighted by Gasteiger charge is 2.27. The Morgan fingerprint density at radius 1 is 1.21 bits per heavy atom. The van der Waals surface area contributed by atoms with Gasteiger partial charge in [0.1, 0.15) is 0 Å². The minimum absolute atomic E-state index is 0.444. The van der Waals surface area contributed by atoms with E-state index in [1.165, 1.54) is 10.4 Å². The third-order valence-electron chi connectivity index (χ3n) is 3.57. The standard InChI is InChI=1S/C17H19NS/c1-13(2)14-6-8-15(9-7-14)17(3,12-18)11-16-5-4-10-19-16/h4-10,13H,11H2,1-3H3. The van der Waals surface area contributed by atoms with Crippen LogP contribution in [0.1, 0.15) is 42.7 Å². The maximum Gasteiger partial charge on any atom is 0.0842 e. The summed E-state index contributed by atoms with van der Waals surface area (Å²) in [6.45, 7) is 6.39. The van der Waals surface area contributed by atoms with Crippen LogP contribution in [0.5, 0.6) is 0 Å². The quantitative estimate of drug-likeness (QED) is 0.774. The van der Waals surface area contributed by atoms with Crippen LogP contribution in [0, 0.1) is 11.3 Å². The first-order valence-electron chi connectivity index (χ1n) is 6.59. The number of benzene rings is 1. The van der Waals surface area contributed by atoms with Gasteiger partial charge >= 0.3 is 0 Å². The SMILES string of the molecule is CC(C)c1ccc(C(C)(C#N)Cc2cccs2)cc1. The molecule has 0 amide bonds. The maximum absolute atomic E-state index is 9.57. The molecule has 0 spiro atoms. The van der Waals surface area contributed by atoms with Crippen molar-refractivity contribution >= 4 is 11.3 Å². The van der Waals surface area contributed by atoms with Crippen LogP contribution in [0.2, 0.25) is 0 Å². The number of thiophene rings is 1. The van der Waals surface area contributed by atoms with Crippen molar-refractivity contribution < 1.29 is 0 Å². The van der Waals surface area contributed by atoms with E-state index in [4.69, 9.17) is 0 Å². The summed E-state index contributed by atoms with van der Waals surface area (Å²) in [6, 6.07) is 15.1. The van der Waals surface area contributed by atoms with E-state index in [1.54, 1.807) is 11.3 Å².